The molecule has 1 aromatic rings. The molecule has 0 saturated carbocycles. The van der Waals surface area contributed by atoms with Crippen molar-refractivity contribution in [2.45, 2.75) is 6.10 Å². The van der Waals surface area contributed by atoms with Crippen molar-refractivity contribution in [2.24, 2.45) is 5.73 Å². The minimum atomic E-state index is -0.534. The molecule has 1 heterocycles. The molecule has 1 amide bonds. The average Bonchev–Trinajstić information content (AvgIpc) is 2.56. The first kappa shape index (κ1) is 15.6. The van der Waals surface area contributed by atoms with Crippen LogP contribution < -0.4 is 15.4 Å². The Labute approximate surface area is 125 Å². The molecular weight excluding hydrogens is 270 g/mol. The van der Waals surface area contributed by atoms with Crippen LogP contribution in [0.5, 0.6) is 5.75 Å². The Morgan fingerprint density at radius 2 is 2.00 bits per heavy atom. The van der Waals surface area contributed by atoms with Gasteiger partial charge in [-0.15, -0.1) is 0 Å². The summed E-state index contributed by atoms with van der Waals surface area (Å²) >= 11 is 0. The monoisotopic (exact) mass is 293 g/mol. The summed E-state index contributed by atoms with van der Waals surface area (Å²) in [5.41, 5.74) is 6.66. The van der Waals surface area contributed by atoms with Crippen LogP contribution in [0.2, 0.25) is 0 Å². The zero-order valence-corrected chi connectivity index (χ0v) is 12.6. The number of carbonyl (C=O) groups is 1. The van der Waals surface area contributed by atoms with Gasteiger partial charge in [-0.3, -0.25) is 4.79 Å². The zero-order valence-electron chi connectivity index (χ0n) is 12.6. The van der Waals surface area contributed by atoms with Crippen molar-refractivity contribution in [1.29, 1.82) is 0 Å². The molecule has 0 spiro atoms. The average molecular weight is 293 g/mol. The molecule has 1 aromatic carbocycles. The number of anilines is 1. The Morgan fingerprint density at radius 3 is 2.57 bits per heavy atom. The van der Waals surface area contributed by atoms with Crippen molar-refractivity contribution in [3.63, 3.8) is 0 Å². The Hall–Kier alpha value is -1.79. The van der Waals surface area contributed by atoms with Gasteiger partial charge in [0.1, 0.15) is 11.9 Å². The van der Waals surface area contributed by atoms with Gasteiger partial charge in [0, 0.05) is 51.6 Å². The fourth-order valence-electron chi connectivity index (χ4n) is 2.49. The second-order valence-electron chi connectivity index (χ2n) is 4.97. The number of benzene rings is 1. The van der Waals surface area contributed by atoms with Crippen LogP contribution in [0.25, 0.3) is 0 Å². The van der Waals surface area contributed by atoms with E-state index in [1.165, 1.54) is 7.11 Å². The van der Waals surface area contributed by atoms with Gasteiger partial charge in [0.2, 0.25) is 0 Å². The summed E-state index contributed by atoms with van der Waals surface area (Å²) in [6.45, 7) is 3.15. The minimum absolute atomic E-state index is 0.0229. The summed E-state index contributed by atoms with van der Waals surface area (Å²) in [7, 11) is 3.18. The van der Waals surface area contributed by atoms with Gasteiger partial charge in [-0.25, -0.2) is 0 Å². The molecule has 0 bridgehead atoms. The van der Waals surface area contributed by atoms with Crippen LogP contribution in [0.1, 0.15) is 0 Å². The lowest BCUT2D eigenvalue weighted by atomic mass is 10.2. The summed E-state index contributed by atoms with van der Waals surface area (Å²) in [6.07, 6.45) is -0.534. The summed E-state index contributed by atoms with van der Waals surface area (Å²) < 4.78 is 10.4. The van der Waals surface area contributed by atoms with E-state index in [0.29, 0.717) is 13.1 Å². The molecule has 116 valence electrons. The molecular formula is C15H23N3O3. The molecule has 1 aliphatic heterocycles. The van der Waals surface area contributed by atoms with Gasteiger partial charge in [0.25, 0.3) is 5.91 Å². The molecule has 0 radical (unpaired) electrons. The normalized spacial score (nSPS) is 16.7. The van der Waals surface area contributed by atoms with E-state index in [1.54, 1.807) is 7.11 Å². The molecule has 1 aliphatic rings. The fourth-order valence-corrected chi connectivity index (χ4v) is 2.49. The Balaban J connectivity index is 1.95. The molecule has 6 nitrogen and oxygen atoms in total. The van der Waals surface area contributed by atoms with Crippen molar-refractivity contribution < 1.29 is 14.3 Å². The van der Waals surface area contributed by atoms with Crippen LogP contribution in [0.15, 0.2) is 24.3 Å². The van der Waals surface area contributed by atoms with E-state index in [0.717, 1.165) is 24.5 Å². The van der Waals surface area contributed by atoms with Crippen LogP contribution in [0, 0.1) is 0 Å². The highest BCUT2D eigenvalue weighted by molar-refractivity contribution is 5.81. The first-order valence-corrected chi connectivity index (χ1v) is 7.10. The largest absolute Gasteiger partial charge is 0.497 e. The van der Waals surface area contributed by atoms with Gasteiger partial charge in [-0.2, -0.15) is 0 Å². The zero-order chi connectivity index (χ0) is 15.2. The molecule has 2 N–H and O–H groups in total. The Morgan fingerprint density at radius 1 is 1.29 bits per heavy atom. The second-order valence-corrected chi connectivity index (χ2v) is 4.97. The topological polar surface area (TPSA) is 68.0 Å². The van der Waals surface area contributed by atoms with Crippen LogP contribution in [-0.4, -0.2) is 63.9 Å². The first-order chi connectivity index (χ1) is 10.2. The molecule has 1 unspecified atom stereocenters. The number of carbonyl (C=O) groups excluding carboxylic acids is 1. The van der Waals surface area contributed by atoms with E-state index in [9.17, 15) is 4.79 Å². The molecule has 1 fully saturated rings. The van der Waals surface area contributed by atoms with Gasteiger partial charge in [-0.05, 0) is 12.1 Å². The third kappa shape index (κ3) is 3.65. The van der Waals surface area contributed by atoms with Crippen molar-refractivity contribution in [1.82, 2.24) is 4.90 Å². The van der Waals surface area contributed by atoms with E-state index in [2.05, 4.69) is 11.0 Å². The van der Waals surface area contributed by atoms with Crippen LogP contribution in [0.3, 0.4) is 0 Å². The molecule has 0 aromatic heterocycles. The predicted molar refractivity (Wildman–Crippen MR) is 81.6 cm³/mol. The highest BCUT2D eigenvalue weighted by Gasteiger charge is 2.26. The predicted octanol–water partition coefficient (Wildman–Crippen LogP) is 0.318. The molecule has 1 atom stereocenters. The van der Waals surface area contributed by atoms with Crippen molar-refractivity contribution in [2.75, 3.05) is 51.8 Å². The first-order valence-electron chi connectivity index (χ1n) is 7.10. The summed E-state index contributed by atoms with van der Waals surface area (Å²) in [4.78, 5) is 16.3. The number of ether oxygens (including phenoxy) is 2. The van der Waals surface area contributed by atoms with Crippen LogP contribution in [0.4, 0.5) is 5.69 Å². The van der Waals surface area contributed by atoms with Gasteiger partial charge >= 0.3 is 0 Å². The maximum absolute atomic E-state index is 12.2. The lowest BCUT2D eigenvalue weighted by Crippen LogP contribution is -2.53. The smallest absolute Gasteiger partial charge is 0.253 e. The SMILES string of the molecule is COc1cccc(N2CCN(C(=O)C(CN)OC)CC2)c1. The maximum atomic E-state index is 12.2. The van der Waals surface area contributed by atoms with E-state index in [4.69, 9.17) is 15.2 Å². The summed E-state index contributed by atoms with van der Waals surface area (Å²) in [5.74, 6) is 0.818. The van der Waals surface area contributed by atoms with Crippen LogP contribution in [-0.2, 0) is 9.53 Å². The third-order valence-electron chi connectivity index (χ3n) is 3.78. The third-order valence-corrected chi connectivity index (χ3v) is 3.78. The van der Waals surface area contributed by atoms with Gasteiger partial charge in [0.05, 0.1) is 7.11 Å². The second kappa shape index (κ2) is 7.28. The van der Waals surface area contributed by atoms with E-state index >= 15 is 0 Å². The van der Waals surface area contributed by atoms with Gasteiger partial charge in [-0.1, -0.05) is 6.07 Å². The van der Waals surface area contributed by atoms with E-state index < -0.39 is 6.10 Å². The van der Waals surface area contributed by atoms with Gasteiger partial charge in [0.15, 0.2) is 0 Å². The minimum Gasteiger partial charge on any atom is -0.497 e. The number of piperazine rings is 1. The lowest BCUT2D eigenvalue weighted by molar-refractivity contribution is -0.141. The Bertz CT molecular complexity index is 469. The van der Waals surface area contributed by atoms with E-state index in [1.807, 2.05) is 23.1 Å². The molecule has 2 rings (SSSR count). The van der Waals surface area contributed by atoms with Crippen LogP contribution >= 0.6 is 0 Å². The molecule has 6 heteroatoms. The number of hydrogen-bond donors (Lipinski definition) is 1. The molecule has 1 saturated heterocycles. The lowest BCUT2D eigenvalue weighted by Gasteiger charge is -2.37. The number of nitrogens with two attached hydrogens (primary N) is 1. The van der Waals surface area contributed by atoms with E-state index in [-0.39, 0.29) is 12.5 Å². The van der Waals surface area contributed by atoms with Crippen molar-refractivity contribution >= 4 is 11.6 Å². The quantitative estimate of drug-likeness (QED) is 0.846. The number of nitrogens with zero attached hydrogens (tertiary/aromatic N) is 2. The van der Waals surface area contributed by atoms with Gasteiger partial charge < -0.3 is 25.0 Å². The standard InChI is InChI=1S/C15H23N3O3/c1-20-13-5-3-4-12(10-13)17-6-8-18(9-7-17)15(19)14(11-16)21-2/h3-5,10,14H,6-9,11,16H2,1-2H3. The van der Waals surface area contributed by atoms with Crippen molar-refractivity contribution in [3.8, 4) is 5.75 Å². The summed E-state index contributed by atoms with van der Waals surface area (Å²) in [6, 6.07) is 7.96. The number of methoxy groups -OCH3 is 2. The fraction of sp³-hybridized carbons (Fsp3) is 0.533. The number of amides is 1. The maximum Gasteiger partial charge on any atom is 0.253 e. The van der Waals surface area contributed by atoms with Crippen molar-refractivity contribution in [3.05, 3.63) is 24.3 Å². The molecule has 0 aliphatic carbocycles. The molecule has 21 heavy (non-hydrogen) atoms. The highest BCUT2D eigenvalue weighted by Crippen LogP contribution is 2.22. The highest BCUT2D eigenvalue weighted by atomic mass is 16.5. The number of hydrogen-bond acceptors (Lipinski definition) is 5. The number of rotatable bonds is 5. The summed E-state index contributed by atoms with van der Waals surface area (Å²) in [5, 5.41) is 0. The Kier molecular flexibility index (Phi) is 5.41.